The van der Waals surface area contributed by atoms with Gasteiger partial charge in [0.25, 0.3) is 5.91 Å². The lowest BCUT2D eigenvalue weighted by atomic mass is 10.0. The number of para-hydroxylation sites is 1. The lowest BCUT2D eigenvalue weighted by Crippen LogP contribution is -2.49. The molecule has 3 aromatic rings. The minimum Gasteiger partial charge on any atom is -0.427 e. The summed E-state index contributed by atoms with van der Waals surface area (Å²) in [7, 11) is 3.26. The zero-order chi connectivity index (χ0) is 21.2. The van der Waals surface area contributed by atoms with Crippen molar-refractivity contribution in [1.29, 1.82) is 0 Å². The number of fused-ring (bicyclic) bond motifs is 1. The lowest BCUT2D eigenvalue weighted by molar-refractivity contribution is 0.0362. The summed E-state index contributed by atoms with van der Waals surface area (Å²) in [5.41, 5.74) is 1.82. The van der Waals surface area contributed by atoms with Crippen LogP contribution in [-0.4, -0.2) is 42.1 Å². The number of H-pyrrole nitrogens is 1. The molecule has 0 unspecified atom stereocenters. The molecule has 0 atom stereocenters. The summed E-state index contributed by atoms with van der Waals surface area (Å²) in [5.74, 6) is 0.217. The largest absolute Gasteiger partial charge is 0.427 e. The summed E-state index contributed by atoms with van der Waals surface area (Å²) >= 11 is 0. The summed E-state index contributed by atoms with van der Waals surface area (Å²) < 4.78 is 10.7. The van der Waals surface area contributed by atoms with E-state index in [4.69, 9.17) is 9.15 Å². The van der Waals surface area contributed by atoms with Gasteiger partial charge < -0.3 is 19.0 Å². The molecule has 29 heavy (non-hydrogen) atoms. The summed E-state index contributed by atoms with van der Waals surface area (Å²) in [6, 6.07) is 9.89. The molecule has 6 heteroatoms. The number of carbonyl (C=O) groups excluding carboxylic acids is 1. The number of likely N-dealkylation sites (N-methyl/N-ethyl adjacent to an activating group) is 1. The van der Waals surface area contributed by atoms with Crippen LogP contribution in [0.15, 0.2) is 45.7 Å². The second kappa shape index (κ2) is 8.25. The molecule has 0 aliphatic carbocycles. The Hall–Kier alpha value is -2.86. The molecule has 0 spiro atoms. The van der Waals surface area contributed by atoms with E-state index in [2.05, 4.69) is 11.1 Å². The SMILES string of the molecule is COCC(C)(C)N(C)C(=O)c1c(C)cc(CCc2c[nH]c3ccccc23)oc1=O. The van der Waals surface area contributed by atoms with Crippen LogP contribution in [0.5, 0.6) is 0 Å². The number of benzene rings is 1. The lowest BCUT2D eigenvalue weighted by Gasteiger charge is -2.35. The average Bonchev–Trinajstić information content (AvgIpc) is 3.08. The normalized spacial score (nSPS) is 11.8. The van der Waals surface area contributed by atoms with Gasteiger partial charge in [-0.25, -0.2) is 4.79 Å². The molecule has 2 aromatic heterocycles. The van der Waals surface area contributed by atoms with E-state index in [1.165, 1.54) is 15.8 Å². The number of nitrogens with one attached hydrogen (secondary N) is 1. The Morgan fingerprint density at radius 1 is 1.24 bits per heavy atom. The van der Waals surface area contributed by atoms with Gasteiger partial charge in [-0.1, -0.05) is 18.2 Å². The van der Waals surface area contributed by atoms with E-state index in [9.17, 15) is 9.59 Å². The van der Waals surface area contributed by atoms with Gasteiger partial charge in [-0.2, -0.15) is 0 Å². The van der Waals surface area contributed by atoms with Crippen LogP contribution in [0.25, 0.3) is 10.9 Å². The maximum absolute atomic E-state index is 12.9. The number of carbonyl (C=O) groups is 1. The van der Waals surface area contributed by atoms with Crippen molar-refractivity contribution in [2.45, 2.75) is 39.2 Å². The number of aromatic amines is 1. The molecule has 0 aliphatic rings. The van der Waals surface area contributed by atoms with Gasteiger partial charge in [0.2, 0.25) is 0 Å². The van der Waals surface area contributed by atoms with E-state index in [0.717, 1.165) is 11.9 Å². The van der Waals surface area contributed by atoms with Crippen LogP contribution in [0.4, 0.5) is 0 Å². The fourth-order valence-corrected chi connectivity index (χ4v) is 3.54. The molecular formula is C23H28N2O4. The van der Waals surface area contributed by atoms with Crippen LogP contribution in [0.2, 0.25) is 0 Å². The van der Waals surface area contributed by atoms with Crippen LogP contribution in [-0.2, 0) is 17.6 Å². The van der Waals surface area contributed by atoms with Crippen LogP contribution in [0.1, 0.15) is 41.1 Å². The number of methoxy groups -OCH3 is 1. The number of aryl methyl sites for hydroxylation is 3. The highest BCUT2D eigenvalue weighted by Crippen LogP contribution is 2.21. The third-order valence-electron chi connectivity index (χ3n) is 5.44. The summed E-state index contributed by atoms with van der Waals surface area (Å²) in [5, 5.41) is 1.17. The van der Waals surface area contributed by atoms with Crippen LogP contribution in [0.3, 0.4) is 0 Å². The van der Waals surface area contributed by atoms with Gasteiger partial charge in [0.15, 0.2) is 0 Å². The van der Waals surface area contributed by atoms with Crippen molar-refractivity contribution in [3.8, 4) is 0 Å². The molecule has 1 N–H and O–H groups in total. The predicted molar refractivity (Wildman–Crippen MR) is 113 cm³/mol. The van der Waals surface area contributed by atoms with Crippen molar-refractivity contribution in [2.24, 2.45) is 0 Å². The second-order valence-electron chi connectivity index (χ2n) is 8.03. The Kier molecular flexibility index (Phi) is 5.94. The third kappa shape index (κ3) is 4.27. The van der Waals surface area contributed by atoms with Crippen molar-refractivity contribution >= 4 is 16.8 Å². The molecule has 2 heterocycles. The van der Waals surface area contributed by atoms with Gasteiger partial charge in [0.1, 0.15) is 11.3 Å². The van der Waals surface area contributed by atoms with E-state index < -0.39 is 11.2 Å². The maximum Gasteiger partial charge on any atom is 0.349 e. The number of aromatic nitrogens is 1. The average molecular weight is 396 g/mol. The first-order valence-electron chi connectivity index (χ1n) is 9.70. The first kappa shape index (κ1) is 20.9. The monoisotopic (exact) mass is 396 g/mol. The van der Waals surface area contributed by atoms with Gasteiger partial charge in [-0.05, 0) is 50.5 Å². The minimum absolute atomic E-state index is 0.0764. The van der Waals surface area contributed by atoms with Gasteiger partial charge in [0, 0.05) is 37.7 Å². The van der Waals surface area contributed by atoms with Gasteiger partial charge in [0.05, 0.1) is 12.1 Å². The third-order valence-corrected chi connectivity index (χ3v) is 5.44. The number of hydrogen-bond acceptors (Lipinski definition) is 4. The molecule has 0 saturated carbocycles. The smallest absolute Gasteiger partial charge is 0.349 e. The molecule has 0 saturated heterocycles. The Bertz CT molecular complexity index is 1080. The summed E-state index contributed by atoms with van der Waals surface area (Å²) in [6.45, 7) is 5.92. The van der Waals surface area contributed by atoms with Crippen LogP contribution in [0, 0.1) is 6.92 Å². The second-order valence-corrected chi connectivity index (χ2v) is 8.03. The zero-order valence-corrected chi connectivity index (χ0v) is 17.7. The van der Waals surface area contributed by atoms with E-state index in [0.29, 0.717) is 24.4 Å². The first-order chi connectivity index (χ1) is 13.7. The standard InChI is InChI=1S/C23H28N2O4/c1-15-12-17(11-10-16-13-24-19-9-7-6-8-18(16)19)29-22(27)20(15)21(26)25(4)23(2,3)14-28-5/h6-9,12-13,24H,10-11,14H2,1-5H3. The van der Waals surface area contributed by atoms with Crippen LogP contribution < -0.4 is 5.63 Å². The molecule has 0 fully saturated rings. The van der Waals surface area contributed by atoms with Gasteiger partial charge in [-0.15, -0.1) is 0 Å². The fraction of sp³-hybridized carbons (Fsp3) is 0.391. The van der Waals surface area contributed by atoms with Crippen molar-refractivity contribution < 1.29 is 13.9 Å². The molecule has 154 valence electrons. The highest BCUT2D eigenvalue weighted by atomic mass is 16.5. The fourth-order valence-electron chi connectivity index (χ4n) is 3.54. The van der Waals surface area contributed by atoms with Gasteiger partial charge >= 0.3 is 5.63 Å². The molecule has 1 amide bonds. The molecule has 0 radical (unpaired) electrons. The van der Waals surface area contributed by atoms with Crippen molar-refractivity contribution in [3.05, 3.63) is 69.4 Å². The molecule has 3 rings (SSSR count). The van der Waals surface area contributed by atoms with E-state index in [1.807, 2.05) is 38.2 Å². The number of rotatable bonds is 7. The number of nitrogens with zero attached hydrogens (tertiary/aromatic N) is 1. The topological polar surface area (TPSA) is 75.5 Å². The molecule has 0 aliphatic heterocycles. The molecule has 6 nitrogen and oxygen atoms in total. The van der Waals surface area contributed by atoms with E-state index in [1.54, 1.807) is 27.1 Å². The summed E-state index contributed by atoms with van der Waals surface area (Å²) in [4.78, 5) is 30.3. The van der Waals surface area contributed by atoms with E-state index in [-0.39, 0.29) is 11.5 Å². The number of hydrogen-bond donors (Lipinski definition) is 1. The number of ether oxygens (including phenoxy) is 1. The maximum atomic E-state index is 12.9. The van der Waals surface area contributed by atoms with E-state index >= 15 is 0 Å². The van der Waals surface area contributed by atoms with Crippen LogP contribution >= 0.6 is 0 Å². The van der Waals surface area contributed by atoms with Crippen molar-refractivity contribution in [1.82, 2.24) is 9.88 Å². The molecular weight excluding hydrogens is 368 g/mol. The minimum atomic E-state index is -0.594. The van der Waals surface area contributed by atoms with Crippen molar-refractivity contribution in [3.63, 3.8) is 0 Å². The Balaban J connectivity index is 1.80. The highest BCUT2D eigenvalue weighted by Gasteiger charge is 2.31. The Morgan fingerprint density at radius 3 is 2.66 bits per heavy atom. The molecule has 0 bridgehead atoms. The Morgan fingerprint density at radius 2 is 1.97 bits per heavy atom. The zero-order valence-electron chi connectivity index (χ0n) is 17.7. The first-order valence-corrected chi connectivity index (χ1v) is 9.70. The quantitative estimate of drug-likeness (QED) is 0.661. The van der Waals surface area contributed by atoms with Gasteiger partial charge in [-0.3, -0.25) is 4.79 Å². The van der Waals surface area contributed by atoms with Crippen molar-refractivity contribution in [2.75, 3.05) is 20.8 Å². The molecule has 1 aromatic carbocycles. The predicted octanol–water partition coefficient (Wildman–Crippen LogP) is 3.71. The Labute approximate surface area is 170 Å². The number of amides is 1. The summed E-state index contributed by atoms with van der Waals surface area (Å²) in [6.07, 6.45) is 3.30. The highest BCUT2D eigenvalue weighted by molar-refractivity contribution is 5.95.